The van der Waals surface area contributed by atoms with E-state index >= 15 is 0 Å². The normalized spacial score (nSPS) is 12.3. The molecule has 1 heterocycles. The lowest BCUT2D eigenvalue weighted by Crippen LogP contribution is -2.13. The van der Waals surface area contributed by atoms with Crippen molar-refractivity contribution in [3.8, 4) is 5.75 Å². The maximum Gasteiger partial charge on any atom is 0.248 e. The molecule has 0 unspecified atom stereocenters. The number of ether oxygens (including phenoxy) is 1. The number of fused-ring (bicyclic) bond motifs is 1. The molecule has 31 heavy (non-hydrogen) atoms. The first kappa shape index (κ1) is 22.6. The van der Waals surface area contributed by atoms with Crippen LogP contribution in [0.3, 0.4) is 0 Å². The molecule has 0 aliphatic carbocycles. The van der Waals surface area contributed by atoms with Gasteiger partial charge in [0.25, 0.3) is 0 Å². The number of sulfonamides is 1. The molecule has 0 radical (unpaired) electrons. The van der Waals surface area contributed by atoms with Gasteiger partial charge in [-0.25, -0.2) is 13.6 Å². The number of rotatable bonds is 6. The number of nitrogens with two attached hydrogens (primary N) is 1. The monoisotopic (exact) mass is 442 g/mol. The second-order valence-electron chi connectivity index (χ2n) is 7.36. The van der Waals surface area contributed by atoms with E-state index in [0.717, 1.165) is 39.0 Å². The Morgan fingerprint density at radius 2 is 1.81 bits per heavy atom. The summed E-state index contributed by atoms with van der Waals surface area (Å²) in [7, 11) is -3.78. The Balaban J connectivity index is 1.95. The van der Waals surface area contributed by atoms with Gasteiger partial charge in [-0.3, -0.25) is 4.79 Å². The van der Waals surface area contributed by atoms with Gasteiger partial charge in [0.15, 0.2) is 0 Å². The van der Waals surface area contributed by atoms with E-state index in [2.05, 4.69) is 5.32 Å². The molecule has 3 N–H and O–H groups in total. The Morgan fingerprint density at radius 1 is 1.16 bits per heavy atom. The maximum absolute atomic E-state index is 12.6. The van der Waals surface area contributed by atoms with E-state index in [4.69, 9.17) is 14.3 Å². The van der Waals surface area contributed by atoms with Crippen LogP contribution in [0.4, 0.5) is 5.69 Å². The standard InChI is InChI=1S/C23H26N2O5S/c1-6-29-22-15(4)23-20(14(3)16(5)30-23)12-19(22)13(2)11-21(26)25-17-7-9-18(10-8-17)31(24,27)28/h7-12H,6H2,1-5H3,(H,25,26)(H2,24,27,28)/b13-11+. The summed E-state index contributed by atoms with van der Waals surface area (Å²) in [5, 5.41) is 8.81. The minimum absolute atomic E-state index is 0.0202. The molecule has 3 rings (SSSR count). The second-order valence-corrected chi connectivity index (χ2v) is 8.92. The highest BCUT2D eigenvalue weighted by Gasteiger charge is 2.19. The van der Waals surface area contributed by atoms with Crippen molar-refractivity contribution in [1.29, 1.82) is 0 Å². The zero-order valence-corrected chi connectivity index (χ0v) is 19.0. The molecule has 7 nitrogen and oxygen atoms in total. The number of primary sulfonamides is 1. The number of amides is 1. The Morgan fingerprint density at radius 3 is 2.39 bits per heavy atom. The number of hydrogen-bond acceptors (Lipinski definition) is 5. The average molecular weight is 443 g/mol. The number of allylic oxidation sites excluding steroid dienone is 1. The number of hydrogen-bond donors (Lipinski definition) is 2. The van der Waals surface area contributed by atoms with E-state index in [1.54, 1.807) is 0 Å². The first-order chi connectivity index (χ1) is 14.5. The zero-order chi connectivity index (χ0) is 22.9. The third-order valence-electron chi connectivity index (χ3n) is 5.16. The Hall–Kier alpha value is -3.10. The van der Waals surface area contributed by atoms with Crippen molar-refractivity contribution in [2.45, 2.75) is 39.5 Å². The van der Waals surface area contributed by atoms with E-state index in [9.17, 15) is 13.2 Å². The van der Waals surface area contributed by atoms with Crippen LogP contribution in [0.25, 0.3) is 16.5 Å². The molecule has 0 spiro atoms. The number of aryl methyl sites for hydroxylation is 3. The molecule has 3 aromatic rings. The third-order valence-corrected chi connectivity index (χ3v) is 6.09. The van der Waals surface area contributed by atoms with Crippen LogP contribution >= 0.6 is 0 Å². The van der Waals surface area contributed by atoms with Crippen LogP contribution in [0, 0.1) is 20.8 Å². The Bertz CT molecular complexity index is 1290. The van der Waals surface area contributed by atoms with Crippen molar-refractivity contribution in [1.82, 2.24) is 0 Å². The number of carbonyl (C=O) groups is 1. The summed E-state index contributed by atoms with van der Waals surface area (Å²) in [5.74, 6) is 1.18. The number of anilines is 1. The summed E-state index contributed by atoms with van der Waals surface area (Å²) < 4.78 is 34.5. The Labute approximate surface area is 181 Å². The van der Waals surface area contributed by atoms with Gasteiger partial charge in [-0.2, -0.15) is 0 Å². The lowest BCUT2D eigenvalue weighted by molar-refractivity contribution is -0.111. The van der Waals surface area contributed by atoms with E-state index in [1.807, 2.05) is 40.7 Å². The molecule has 0 fully saturated rings. The molecule has 0 saturated heterocycles. The van der Waals surface area contributed by atoms with Crippen LogP contribution in [0.1, 0.15) is 36.3 Å². The fourth-order valence-electron chi connectivity index (χ4n) is 3.42. The van der Waals surface area contributed by atoms with Gasteiger partial charge >= 0.3 is 0 Å². The molecule has 0 bridgehead atoms. The predicted octanol–water partition coefficient (Wildman–Crippen LogP) is 4.45. The highest BCUT2D eigenvalue weighted by atomic mass is 32.2. The van der Waals surface area contributed by atoms with Gasteiger partial charge in [0.2, 0.25) is 15.9 Å². The van der Waals surface area contributed by atoms with Crippen molar-refractivity contribution in [3.63, 3.8) is 0 Å². The summed E-state index contributed by atoms with van der Waals surface area (Å²) in [6.45, 7) is 10.1. The molecule has 0 aliphatic heterocycles. The SMILES string of the molecule is CCOc1c(/C(C)=C/C(=O)Nc2ccc(S(N)(=O)=O)cc2)cc2c(C)c(C)oc2c1C. The lowest BCUT2D eigenvalue weighted by Gasteiger charge is -2.14. The summed E-state index contributed by atoms with van der Waals surface area (Å²) in [5.41, 5.74) is 4.72. The minimum Gasteiger partial charge on any atom is -0.493 e. The third kappa shape index (κ3) is 4.65. The van der Waals surface area contributed by atoms with E-state index in [-0.39, 0.29) is 10.8 Å². The van der Waals surface area contributed by atoms with Gasteiger partial charge < -0.3 is 14.5 Å². The first-order valence-corrected chi connectivity index (χ1v) is 11.4. The van der Waals surface area contributed by atoms with Crippen LogP contribution in [-0.2, 0) is 14.8 Å². The maximum atomic E-state index is 12.6. The molecular formula is C23H26N2O5S. The lowest BCUT2D eigenvalue weighted by atomic mass is 9.98. The van der Waals surface area contributed by atoms with Gasteiger partial charge in [-0.05, 0) is 76.1 Å². The quantitative estimate of drug-likeness (QED) is 0.548. The molecule has 0 saturated carbocycles. The molecule has 0 atom stereocenters. The van der Waals surface area contributed by atoms with Crippen molar-refractivity contribution in [2.75, 3.05) is 11.9 Å². The molecule has 0 aliphatic rings. The predicted molar refractivity (Wildman–Crippen MR) is 122 cm³/mol. The molecular weight excluding hydrogens is 416 g/mol. The van der Waals surface area contributed by atoms with Gasteiger partial charge in [0.05, 0.1) is 11.5 Å². The van der Waals surface area contributed by atoms with Gasteiger partial charge in [0, 0.05) is 28.3 Å². The van der Waals surface area contributed by atoms with Crippen molar-refractivity contribution >= 4 is 38.2 Å². The van der Waals surface area contributed by atoms with E-state index < -0.39 is 10.0 Å². The highest BCUT2D eigenvalue weighted by Crippen LogP contribution is 2.38. The molecule has 1 amide bonds. The highest BCUT2D eigenvalue weighted by molar-refractivity contribution is 7.89. The van der Waals surface area contributed by atoms with Gasteiger partial charge in [-0.15, -0.1) is 0 Å². The van der Waals surface area contributed by atoms with Crippen LogP contribution < -0.4 is 15.2 Å². The van der Waals surface area contributed by atoms with Gasteiger partial charge in [-0.1, -0.05) is 0 Å². The first-order valence-electron chi connectivity index (χ1n) is 9.81. The fraction of sp³-hybridized carbons (Fsp3) is 0.261. The smallest absolute Gasteiger partial charge is 0.248 e. The fourth-order valence-corrected chi connectivity index (χ4v) is 3.93. The van der Waals surface area contributed by atoms with Crippen LogP contribution in [0.5, 0.6) is 5.75 Å². The number of furan rings is 1. The number of carbonyl (C=O) groups excluding carboxylic acids is 1. The van der Waals surface area contributed by atoms with E-state index in [1.165, 1.54) is 30.3 Å². The summed E-state index contributed by atoms with van der Waals surface area (Å²) in [4.78, 5) is 12.6. The van der Waals surface area contributed by atoms with Crippen molar-refractivity contribution in [3.05, 3.63) is 58.9 Å². The van der Waals surface area contributed by atoms with Crippen molar-refractivity contribution in [2.24, 2.45) is 5.14 Å². The second kappa shape index (κ2) is 8.56. The summed E-state index contributed by atoms with van der Waals surface area (Å²) in [6, 6.07) is 7.64. The molecule has 1 aromatic heterocycles. The zero-order valence-electron chi connectivity index (χ0n) is 18.2. The molecule has 8 heteroatoms. The van der Waals surface area contributed by atoms with E-state index in [0.29, 0.717) is 18.0 Å². The van der Waals surface area contributed by atoms with Crippen molar-refractivity contribution < 1.29 is 22.4 Å². The topological polar surface area (TPSA) is 112 Å². The molecule has 2 aromatic carbocycles. The largest absolute Gasteiger partial charge is 0.493 e. The minimum atomic E-state index is -3.78. The summed E-state index contributed by atoms with van der Waals surface area (Å²) >= 11 is 0. The average Bonchev–Trinajstić information content (AvgIpc) is 2.98. The number of benzene rings is 2. The van der Waals surface area contributed by atoms with Gasteiger partial charge in [0.1, 0.15) is 17.1 Å². The van der Waals surface area contributed by atoms with Crippen LogP contribution in [0.15, 0.2) is 45.7 Å². The van der Waals surface area contributed by atoms with Crippen LogP contribution in [0.2, 0.25) is 0 Å². The summed E-state index contributed by atoms with van der Waals surface area (Å²) in [6.07, 6.45) is 1.49. The molecule has 164 valence electrons. The Kier molecular flexibility index (Phi) is 6.24. The number of nitrogens with one attached hydrogen (secondary N) is 1. The van der Waals surface area contributed by atoms with Crippen LogP contribution in [-0.4, -0.2) is 20.9 Å².